The van der Waals surface area contributed by atoms with Crippen LogP contribution in [0, 0.1) is 6.92 Å². The number of carbonyl (C=O) groups excluding carboxylic acids is 1. The largest absolute Gasteiger partial charge is 0.496 e. The number of benzene rings is 2. The predicted octanol–water partition coefficient (Wildman–Crippen LogP) is 3.19. The highest BCUT2D eigenvalue weighted by Crippen LogP contribution is 2.31. The van der Waals surface area contributed by atoms with Gasteiger partial charge >= 0.3 is 0 Å². The van der Waals surface area contributed by atoms with E-state index in [9.17, 15) is 4.79 Å². The molecule has 120 valence electrons. The zero-order valence-corrected chi connectivity index (χ0v) is 13.5. The monoisotopic (exact) mass is 311 g/mol. The van der Waals surface area contributed by atoms with Crippen molar-refractivity contribution in [3.05, 3.63) is 59.2 Å². The summed E-state index contributed by atoms with van der Waals surface area (Å²) in [5, 5.41) is 3.12. The first-order valence-corrected chi connectivity index (χ1v) is 7.82. The maximum absolute atomic E-state index is 12.5. The van der Waals surface area contributed by atoms with Gasteiger partial charge in [-0.1, -0.05) is 35.9 Å². The lowest BCUT2D eigenvalue weighted by atomic mass is 10.00. The summed E-state index contributed by atoms with van der Waals surface area (Å²) in [6.07, 6.45) is 1.10. The zero-order chi connectivity index (χ0) is 16.2. The van der Waals surface area contributed by atoms with Gasteiger partial charge in [0.2, 0.25) is 5.91 Å². The first-order valence-electron chi connectivity index (χ1n) is 7.82. The van der Waals surface area contributed by atoms with Gasteiger partial charge in [0.1, 0.15) is 11.5 Å². The minimum absolute atomic E-state index is 0.00301. The molecule has 1 heterocycles. The number of rotatable bonds is 4. The minimum Gasteiger partial charge on any atom is -0.496 e. The molecule has 2 aromatic carbocycles. The van der Waals surface area contributed by atoms with E-state index < -0.39 is 0 Å². The Balaban J connectivity index is 1.73. The summed E-state index contributed by atoms with van der Waals surface area (Å²) in [5.41, 5.74) is 3.07. The Morgan fingerprint density at radius 1 is 1.30 bits per heavy atom. The second-order valence-electron chi connectivity index (χ2n) is 5.79. The van der Waals surface area contributed by atoms with Crippen LogP contribution < -0.4 is 14.8 Å². The van der Waals surface area contributed by atoms with E-state index in [-0.39, 0.29) is 11.9 Å². The number of hydrogen-bond acceptors (Lipinski definition) is 3. The molecule has 4 heteroatoms. The molecule has 1 amide bonds. The fraction of sp³-hybridized carbons (Fsp3) is 0.316. The van der Waals surface area contributed by atoms with Crippen LogP contribution in [0.2, 0.25) is 0 Å². The number of methoxy groups -OCH3 is 1. The molecular formula is C19H21NO3. The summed E-state index contributed by atoms with van der Waals surface area (Å²) in [6.45, 7) is 2.63. The maximum Gasteiger partial charge on any atom is 0.225 e. The van der Waals surface area contributed by atoms with Crippen molar-refractivity contribution in [2.75, 3.05) is 13.7 Å². The van der Waals surface area contributed by atoms with Gasteiger partial charge in [0.15, 0.2) is 0 Å². The molecule has 3 rings (SSSR count). The standard InChI is InChI=1S/C19H21NO3/c1-13-7-8-17(22-2)14(11-13)12-19(21)20-16-9-10-23-18-6-4-3-5-15(16)18/h3-8,11,16H,9-10,12H2,1-2H3,(H,20,21)/t16-/m0/s1. The van der Waals surface area contributed by atoms with E-state index in [1.807, 2.05) is 49.4 Å². The maximum atomic E-state index is 12.5. The van der Waals surface area contributed by atoms with E-state index in [0.29, 0.717) is 13.0 Å². The molecule has 0 spiro atoms. The Bertz CT molecular complexity index is 712. The third-order valence-electron chi connectivity index (χ3n) is 4.08. The molecule has 23 heavy (non-hydrogen) atoms. The highest BCUT2D eigenvalue weighted by molar-refractivity contribution is 5.80. The van der Waals surface area contributed by atoms with Crippen molar-refractivity contribution in [1.82, 2.24) is 5.32 Å². The van der Waals surface area contributed by atoms with Crippen LogP contribution in [-0.2, 0) is 11.2 Å². The molecule has 0 fully saturated rings. The molecule has 0 bridgehead atoms. The number of carbonyl (C=O) groups is 1. The summed E-state index contributed by atoms with van der Waals surface area (Å²) >= 11 is 0. The van der Waals surface area contributed by atoms with E-state index in [0.717, 1.165) is 34.6 Å². The Kier molecular flexibility index (Phi) is 4.51. The average Bonchev–Trinajstić information content (AvgIpc) is 2.55. The third-order valence-corrected chi connectivity index (χ3v) is 4.08. The van der Waals surface area contributed by atoms with Gasteiger partial charge < -0.3 is 14.8 Å². The number of para-hydroxylation sites is 1. The smallest absolute Gasteiger partial charge is 0.225 e. The summed E-state index contributed by atoms with van der Waals surface area (Å²) in [5.74, 6) is 1.60. The molecule has 0 aliphatic carbocycles. The van der Waals surface area contributed by atoms with Gasteiger partial charge in [-0.15, -0.1) is 0 Å². The lowest BCUT2D eigenvalue weighted by Gasteiger charge is -2.26. The van der Waals surface area contributed by atoms with Gasteiger partial charge in [0.05, 0.1) is 26.2 Å². The lowest BCUT2D eigenvalue weighted by molar-refractivity contribution is -0.121. The summed E-state index contributed by atoms with van der Waals surface area (Å²) < 4.78 is 11.0. The van der Waals surface area contributed by atoms with Gasteiger partial charge in [-0.3, -0.25) is 4.79 Å². The first-order chi connectivity index (χ1) is 11.2. The predicted molar refractivity (Wildman–Crippen MR) is 88.9 cm³/mol. The molecular weight excluding hydrogens is 290 g/mol. The van der Waals surface area contributed by atoms with E-state index in [4.69, 9.17) is 9.47 Å². The Morgan fingerprint density at radius 2 is 2.13 bits per heavy atom. The zero-order valence-electron chi connectivity index (χ0n) is 13.5. The van der Waals surface area contributed by atoms with Crippen molar-refractivity contribution in [2.24, 2.45) is 0 Å². The third kappa shape index (κ3) is 3.47. The number of amides is 1. The number of aryl methyl sites for hydroxylation is 1. The first kappa shape index (κ1) is 15.4. The molecule has 4 nitrogen and oxygen atoms in total. The van der Waals surface area contributed by atoms with Crippen LogP contribution in [-0.4, -0.2) is 19.6 Å². The Labute approximate surface area is 136 Å². The van der Waals surface area contributed by atoms with Crippen molar-refractivity contribution >= 4 is 5.91 Å². The van der Waals surface area contributed by atoms with Gasteiger partial charge in [0.25, 0.3) is 0 Å². The van der Waals surface area contributed by atoms with Crippen LogP contribution in [0.5, 0.6) is 11.5 Å². The lowest BCUT2D eigenvalue weighted by Crippen LogP contribution is -2.33. The van der Waals surface area contributed by atoms with Crippen molar-refractivity contribution in [1.29, 1.82) is 0 Å². The van der Waals surface area contributed by atoms with Crippen molar-refractivity contribution < 1.29 is 14.3 Å². The molecule has 1 atom stereocenters. The van der Waals surface area contributed by atoms with E-state index in [2.05, 4.69) is 5.32 Å². The second-order valence-corrected chi connectivity index (χ2v) is 5.79. The molecule has 0 unspecified atom stereocenters. The van der Waals surface area contributed by atoms with E-state index in [1.54, 1.807) is 7.11 Å². The fourth-order valence-electron chi connectivity index (χ4n) is 2.96. The number of ether oxygens (including phenoxy) is 2. The van der Waals surface area contributed by atoms with Gasteiger partial charge in [-0.25, -0.2) is 0 Å². The van der Waals surface area contributed by atoms with Crippen molar-refractivity contribution in [2.45, 2.75) is 25.8 Å². The highest BCUT2D eigenvalue weighted by Gasteiger charge is 2.23. The van der Waals surface area contributed by atoms with Gasteiger partial charge in [-0.05, 0) is 19.1 Å². The molecule has 1 aliphatic rings. The molecule has 0 aromatic heterocycles. The normalized spacial score (nSPS) is 16.2. The summed E-state index contributed by atoms with van der Waals surface area (Å²) in [6, 6.07) is 13.7. The number of fused-ring (bicyclic) bond motifs is 1. The Hall–Kier alpha value is -2.49. The van der Waals surface area contributed by atoms with Crippen LogP contribution in [0.25, 0.3) is 0 Å². The summed E-state index contributed by atoms with van der Waals surface area (Å²) in [7, 11) is 1.63. The second kappa shape index (κ2) is 6.73. The molecule has 0 saturated heterocycles. The Morgan fingerprint density at radius 3 is 2.96 bits per heavy atom. The summed E-state index contributed by atoms with van der Waals surface area (Å²) in [4.78, 5) is 12.5. The average molecular weight is 311 g/mol. The van der Waals surface area contributed by atoms with Crippen LogP contribution in [0.15, 0.2) is 42.5 Å². The molecule has 0 saturated carbocycles. The minimum atomic E-state index is -0.00407. The van der Waals surface area contributed by atoms with Crippen molar-refractivity contribution in [3.8, 4) is 11.5 Å². The molecule has 1 N–H and O–H groups in total. The van der Waals surface area contributed by atoms with Crippen LogP contribution in [0.3, 0.4) is 0 Å². The van der Waals surface area contributed by atoms with E-state index >= 15 is 0 Å². The highest BCUT2D eigenvalue weighted by atomic mass is 16.5. The number of hydrogen-bond donors (Lipinski definition) is 1. The molecule has 2 aromatic rings. The number of nitrogens with one attached hydrogen (secondary N) is 1. The molecule has 1 aliphatic heterocycles. The van der Waals surface area contributed by atoms with E-state index in [1.165, 1.54) is 0 Å². The SMILES string of the molecule is COc1ccc(C)cc1CC(=O)N[C@H]1CCOc2ccccc21. The van der Waals surface area contributed by atoms with Crippen LogP contribution in [0.1, 0.15) is 29.2 Å². The van der Waals surface area contributed by atoms with Gasteiger partial charge in [0, 0.05) is 17.5 Å². The quantitative estimate of drug-likeness (QED) is 0.943. The topological polar surface area (TPSA) is 47.6 Å². The van der Waals surface area contributed by atoms with Crippen molar-refractivity contribution in [3.63, 3.8) is 0 Å². The van der Waals surface area contributed by atoms with Crippen LogP contribution >= 0.6 is 0 Å². The van der Waals surface area contributed by atoms with Crippen LogP contribution in [0.4, 0.5) is 0 Å². The fourth-order valence-corrected chi connectivity index (χ4v) is 2.96. The molecule has 0 radical (unpaired) electrons. The van der Waals surface area contributed by atoms with Gasteiger partial charge in [-0.2, -0.15) is 0 Å².